The molecule has 1 fully saturated rings. The molecule has 5 rings (SSSR count). The lowest BCUT2D eigenvalue weighted by Crippen LogP contribution is -2.47. The van der Waals surface area contributed by atoms with E-state index in [1.807, 2.05) is 60.7 Å². The van der Waals surface area contributed by atoms with Crippen LogP contribution in [0.15, 0.2) is 52.1 Å². The summed E-state index contributed by atoms with van der Waals surface area (Å²) < 4.78 is 4.56. The molecule has 1 atom stereocenters. The van der Waals surface area contributed by atoms with Crippen LogP contribution in [0.25, 0.3) is 27.6 Å². The molecule has 182 valence electrons. The lowest BCUT2D eigenvalue weighted by Gasteiger charge is -2.35. The van der Waals surface area contributed by atoms with Crippen LogP contribution in [0.2, 0.25) is 0 Å². The summed E-state index contributed by atoms with van der Waals surface area (Å²) in [6.45, 7) is 6.67. The maximum absolute atomic E-state index is 13.9. The van der Waals surface area contributed by atoms with Gasteiger partial charge in [0, 0.05) is 25.0 Å². The second-order valence-corrected chi connectivity index (χ2v) is 9.77. The number of hydrogen-bond acceptors (Lipinski definition) is 3. The molecule has 35 heavy (non-hydrogen) atoms. The van der Waals surface area contributed by atoms with Crippen molar-refractivity contribution in [3.8, 4) is 5.69 Å². The molecule has 7 heteroatoms. The molecule has 0 spiro atoms. The summed E-state index contributed by atoms with van der Waals surface area (Å²) >= 11 is 0. The molecule has 4 aromatic rings. The van der Waals surface area contributed by atoms with Crippen molar-refractivity contribution in [2.24, 2.45) is 7.05 Å². The van der Waals surface area contributed by atoms with Crippen LogP contribution in [0.3, 0.4) is 0 Å². The van der Waals surface area contributed by atoms with Crippen molar-refractivity contribution in [2.45, 2.75) is 59.0 Å². The second-order valence-electron chi connectivity index (χ2n) is 9.77. The van der Waals surface area contributed by atoms with Crippen LogP contribution >= 0.6 is 0 Å². The Balaban J connectivity index is 1.80. The van der Waals surface area contributed by atoms with Crippen molar-refractivity contribution in [1.29, 1.82) is 0 Å². The van der Waals surface area contributed by atoms with Gasteiger partial charge in [-0.2, -0.15) is 0 Å². The number of aryl methyl sites for hydroxylation is 3. The molecule has 1 amide bonds. The van der Waals surface area contributed by atoms with Crippen LogP contribution < -0.4 is 11.2 Å². The number of amides is 1. The quantitative estimate of drug-likeness (QED) is 0.450. The second kappa shape index (κ2) is 8.87. The number of carbonyl (C=O) groups is 1. The molecule has 3 heterocycles. The predicted molar refractivity (Wildman–Crippen MR) is 139 cm³/mol. The van der Waals surface area contributed by atoms with E-state index in [9.17, 15) is 14.4 Å². The fourth-order valence-corrected chi connectivity index (χ4v) is 5.51. The molecule has 1 saturated heterocycles. The van der Waals surface area contributed by atoms with Crippen molar-refractivity contribution < 1.29 is 4.79 Å². The number of carbonyl (C=O) groups excluding carboxylic acids is 1. The largest absolute Gasteiger partial charge is 0.338 e. The lowest BCUT2D eigenvalue weighted by molar-refractivity contribution is -0.135. The van der Waals surface area contributed by atoms with Crippen molar-refractivity contribution >= 4 is 27.8 Å². The summed E-state index contributed by atoms with van der Waals surface area (Å²) in [5, 5.41) is 0.811. The number of piperidine rings is 1. The highest BCUT2D eigenvalue weighted by Crippen LogP contribution is 2.27. The minimum Gasteiger partial charge on any atom is -0.338 e. The smallest absolute Gasteiger partial charge is 0.336 e. The van der Waals surface area contributed by atoms with Gasteiger partial charge in [0.1, 0.15) is 12.1 Å². The molecule has 0 saturated carbocycles. The molecule has 1 aliphatic heterocycles. The average Bonchev–Trinajstić information content (AvgIpc) is 3.14. The molecule has 1 aliphatic rings. The van der Waals surface area contributed by atoms with E-state index in [0.29, 0.717) is 23.3 Å². The first kappa shape index (κ1) is 23.1. The molecule has 0 bridgehead atoms. The number of benzene rings is 2. The van der Waals surface area contributed by atoms with Gasteiger partial charge >= 0.3 is 5.69 Å². The van der Waals surface area contributed by atoms with Gasteiger partial charge in [-0.3, -0.25) is 14.2 Å². The number of aromatic nitrogens is 3. The zero-order valence-electron chi connectivity index (χ0n) is 20.9. The highest BCUT2D eigenvalue weighted by atomic mass is 16.2. The minimum atomic E-state index is -0.487. The third kappa shape index (κ3) is 3.79. The Morgan fingerprint density at radius 1 is 0.971 bits per heavy atom. The number of nitrogens with zero attached hydrogens (tertiary/aromatic N) is 4. The number of hydrogen-bond donors (Lipinski definition) is 0. The molecule has 2 aromatic carbocycles. The lowest BCUT2D eigenvalue weighted by atomic mass is 10.00. The highest BCUT2D eigenvalue weighted by Gasteiger charge is 2.28. The van der Waals surface area contributed by atoms with Gasteiger partial charge < -0.3 is 9.47 Å². The molecular weight excluding hydrogens is 440 g/mol. The summed E-state index contributed by atoms with van der Waals surface area (Å²) in [5.74, 6) is -0.0706. The third-order valence-corrected chi connectivity index (χ3v) is 7.43. The maximum atomic E-state index is 13.9. The van der Waals surface area contributed by atoms with Gasteiger partial charge in [-0.15, -0.1) is 0 Å². The number of likely N-dealkylation sites (tertiary alicyclic amines) is 1. The Bertz CT molecular complexity index is 1560. The molecular formula is C28H32N4O3. The molecule has 0 N–H and O–H groups in total. The molecule has 0 aliphatic carbocycles. The first-order valence-corrected chi connectivity index (χ1v) is 12.4. The Hall–Kier alpha value is -3.61. The van der Waals surface area contributed by atoms with Crippen molar-refractivity contribution in [3.63, 3.8) is 0 Å². The van der Waals surface area contributed by atoms with E-state index in [-0.39, 0.29) is 24.1 Å². The zero-order valence-corrected chi connectivity index (χ0v) is 20.9. The predicted octanol–water partition coefficient (Wildman–Crippen LogP) is 4.05. The first-order valence-electron chi connectivity index (χ1n) is 12.4. The van der Waals surface area contributed by atoms with Gasteiger partial charge in [-0.25, -0.2) is 9.36 Å². The SMILES string of the molecule is CC[C@@H]1CCCCN1C(=O)Cn1c(=O)n(-c2ccc(C)cc2)c(=O)c2c1c1cc(C)ccc1n2C. The van der Waals surface area contributed by atoms with E-state index in [1.54, 1.807) is 12.1 Å². The van der Waals surface area contributed by atoms with Gasteiger partial charge in [-0.05, 0) is 63.8 Å². The summed E-state index contributed by atoms with van der Waals surface area (Å²) in [4.78, 5) is 43.2. The normalized spacial score (nSPS) is 16.3. The van der Waals surface area contributed by atoms with E-state index in [1.165, 1.54) is 9.13 Å². The van der Waals surface area contributed by atoms with Crippen molar-refractivity contribution in [2.75, 3.05) is 6.54 Å². The fraction of sp³-hybridized carbons (Fsp3) is 0.393. The van der Waals surface area contributed by atoms with Crippen LogP contribution in [0.5, 0.6) is 0 Å². The minimum absolute atomic E-state index is 0.0706. The molecule has 0 radical (unpaired) electrons. The van der Waals surface area contributed by atoms with E-state index in [0.717, 1.165) is 47.7 Å². The van der Waals surface area contributed by atoms with Crippen LogP contribution in [0.1, 0.15) is 43.7 Å². The van der Waals surface area contributed by atoms with Gasteiger partial charge in [0.25, 0.3) is 5.56 Å². The fourth-order valence-electron chi connectivity index (χ4n) is 5.51. The average molecular weight is 473 g/mol. The summed E-state index contributed by atoms with van der Waals surface area (Å²) in [6.07, 6.45) is 3.98. The van der Waals surface area contributed by atoms with Crippen LogP contribution in [-0.2, 0) is 18.4 Å². The summed E-state index contributed by atoms with van der Waals surface area (Å²) in [5.41, 5.74) is 3.51. The first-order chi connectivity index (χ1) is 16.8. The van der Waals surface area contributed by atoms with Crippen molar-refractivity contribution in [1.82, 2.24) is 18.6 Å². The monoisotopic (exact) mass is 472 g/mol. The van der Waals surface area contributed by atoms with Crippen LogP contribution in [0.4, 0.5) is 0 Å². The van der Waals surface area contributed by atoms with Crippen LogP contribution in [-0.4, -0.2) is 37.1 Å². The standard InChI is InChI=1S/C28H32N4O3/c1-5-20-8-6-7-15-30(20)24(33)17-31-25-22-16-19(3)11-14-23(22)29(4)26(25)27(34)32(28(31)35)21-12-9-18(2)10-13-21/h9-14,16,20H,5-8,15,17H2,1-4H3/t20-/m1/s1. The number of fused-ring (bicyclic) bond motifs is 3. The van der Waals surface area contributed by atoms with Crippen molar-refractivity contribution in [3.05, 3.63) is 74.4 Å². The van der Waals surface area contributed by atoms with E-state index in [2.05, 4.69) is 6.92 Å². The summed E-state index contributed by atoms with van der Waals surface area (Å²) in [7, 11) is 1.84. The number of rotatable bonds is 4. The summed E-state index contributed by atoms with van der Waals surface area (Å²) in [6, 6.07) is 13.5. The van der Waals surface area contributed by atoms with Gasteiger partial charge in [-0.1, -0.05) is 36.2 Å². The molecule has 7 nitrogen and oxygen atoms in total. The molecule has 2 aromatic heterocycles. The molecule has 0 unspecified atom stereocenters. The van der Waals surface area contributed by atoms with E-state index in [4.69, 9.17) is 0 Å². The third-order valence-electron chi connectivity index (χ3n) is 7.43. The van der Waals surface area contributed by atoms with E-state index < -0.39 is 5.69 Å². The Labute approximate surface area is 204 Å². The Kier molecular flexibility index (Phi) is 5.87. The highest BCUT2D eigenvalue weighted by molar-refractivity contribution is 6.06. The topological polar surface area (TPSA) is 69.2 Å². The van der Waals surface area contributed by atoms with Gasteiger partial charge in [0.2, 0.25) is 5.91 Å². The van der Waals surface area contributed by atoms with Gasteiger partial charge in [0.15, 0.2) is 0 Å². The van der Waals surface area contributed by atoms with Gasteiger partial charge in [0.05, 0.1) is 16.7 Å². The maximum Gasteiger partial charge on any atom is 0.336 e. The van der Waals surface area contributed by atoms with E-state index >= 15 is 0 Å². The Morgan fingerprint density at radius 3 is 2.40 bits per heavy atom. The van der Waals surface area contributed by atoms with Crippen LogP contribution in [0, 0.1) is 13.8 Å². The Morgan fingerprint density at radius 2 is 1.69 bits per heavy atom. The zero-order chi connectivity index (χ0) is 24.9.